The molecule has 0 spiro atoms. The first-order valence-corrected chi connectivity index (χ1v) is 9.35. The number of hydrogen-bond donors (Lipinski definition) is 1. The topological polar surface area (TPSA) is 92.1 Å². The molecule has 1 aromatic carbocycles. The number of carbonyl (C=O) groups is 1. The molecule has 1 aliphatic rings. The largest absolute Gasteiger partial charge is 0.337 e. The van der Waals surface area contributed by atoms with Crippen LogP contribution >= 0.6 is 0 Å². The molecule has 0 atom stereocenters. The van der Waals surface area contributed by atoms with Gasteiger partial charge in [-0.3, -0.25) is 9.89 Å². The van der Waals surface area contributed by atoms with Gasteiger partial charge in [0.15, 0.2) is 17.2 Å². The Morgan fingerprint density at radius 2 is 1.89 bits per heavy atom. The number of piperidine rings is 1. The van der Waals surface area contributed by atoms with Gasteiger partial charge in [0.05, 0.1) is 6.20 Å². The van der Waals surface area contributed by atoms with E-state index in [2.05, 4.69) is 25.3 Å². The lowest BCUT2D eigenvalue weighted by atomic mass is 9.96. The smallest absolute Gasteiger partial charge is 0.274 e. The van der Waals surface area contributed by atoms with Gasteiger partial charge in [0, 0.05) is 30.8 Å². The minimum Gasteiger partial charge on any atom is -0.337 e. The van der Waals surface area contributed by atoms with Gasteiger partial charge < -0.3 is 4.90 Å². The molecule has 8 heteroatoms. The second-order valence-electron chi connectivity index (χ2n) is 6.91. The Morgan fingerprint density at radius 3 is 2.71 bits per heavy atom. The number of nitrogens with one attached hydrogen (secondary N) is 1. The molecule has 140 valence electrons. The second kappa shape index (κ2) is 6.88. The summed E-state index contributed by atoms with van der Waals surface area (Å²) in [6, 6.07) is 13.6. The highest BCUT2D eigenvalue weighted by molar-refractivity contribution is 5.93. The number of benzene rings is 1. The van der Waals surface area contributed by atoms with Gasteiger partial charge in [0.25, 0.3) is 5.91 Å². The highest BCUT2D eigenvalue weighted by Gasteiger charge is 2.28. The van der Waals surface area contributed by atoms with Crippen molar-refractivity contribution in [2.24, 2.45) is 0 Å². The monoisotopic (exact) mass is 373 g/mol. The fourth-order valence-corrected chi connectivity index (χ4v) is 3.67. The van der Waals surface area contributed by atoms with E-state index in [1.54, 1.807) is 16.9 Å². The zero-order valence-corrected chi connectivity index (χ0v) is 15.2. The average molecular weight is 373 g/mol. The molecule has 1 N–H and O–H groups in total. The summed E-state index contributed by atoms with van der Waals surface area (Å²) in [6.07, 6.45) is 4.95. The van der Waals surface area contributed by atoms with Crippen molar-refractivity contribution in [1.82, 2.24) is 34.7 Å². The van der Waals surface area contributed by atoms with Crippen molar-refractivity contribution in [1.29, 1.82) is 0 Å². The van der Waals surface area contributed by atoms with E-state index in [1.807, 2.05) is 47.4 Å². The first-order valence-electron chi connectivity index (χ1n) is 9.35. The minimum atomic E-state index is -0.0350. The highest BCUT2D eigenvalue weighted by Crippen LogP contribution is 2.27. The molecule has 4 aromatic rings. The molecule has 1 saturated heterocycles. The Labute approximate surface area is 161 Å². The van der Waals surface area contributed by atoms with Crippen LogP contribution in [0.1, 0.15) is 35.1 Å². The number of nitrogens with zero attached hydrogens (tertiary/aromatic N) is 6. The van der Waals surface area contributed by atoms with Crippen LogP contribution in [0, 0.1) is 0 Å². The van der Waals surface area contributed by atoms with E-state index in [1.165, 1.54) is 0 Å². The zero-order valence-electron chi connectivity index (χ0n) is 15.2. The molecular weight excluding hydrogens is 354 g/mol. The summed E-state index contributed by atoms with van der Waals surface area (Å²) in [5, 5.41) is 11.7. The standard InChI is InChI=1S/C20H19N7O/c28-20(16-13-21-17-7-4-10-22-27(16)17)26-11-8-15(9-12-26)19-23-18(24-25-19)14-5-2-1-3-6-14/h1-7,10,13,15H,8-9,11-12H2,(H,23,24,25). The maximum atomic E-state index is 12.9. The van der Waals surface area contributed by atoms with Crippen LogP contribution in [-0.4, -0.2) is 53.7 Å². The van der Waals surface area contributed by atoms with Gasteiger partial charge in [-0.2, -0.15) is 10.2 Å². The van der Waals surface area contributed by atoms with Crippen LogP contribution in [0.2, 0.25) is 0 Å². The Morgan fingerprint density at radius 1 is 1.07 bits per heavy atom. The SMILES string of the molecule is O=C(c1cnc2cccnn12)N1CCC(c2nc(-c3ccccc3)n[nH]2)CC1. The van der Waals surface area contributed by atoms with Crippen LogP contribution in [0.15, 0.2) is 54.9 Å². The second-order valence-corrected chi connectivity index (χ2v) is 6.91. The van der Waals surface area contributed by atoms with Crippen LogP contribution in [0.5, 0.6) is 0 Å². The van der Waals surface area contributed by atoms with E-state index in [0.29, 0.717) is 30.3 Å². The predicted molar refractivity (Wildman–Crippen MR) is 103 cm³/mol. The molecule has 5 rings (SSSR count). The Balaban J connectivity index is 1.28. The molecule has 4 heterocycles. The molecular formula is C20H19N7O. The quantitative estimate of drug-likeness (QED) is 0.596. The van der Waals surface area contributed by atoms with Gasteiger partial charge >= 0.3 is 0 Å². The van der Waals surface area contributed by atoms with Crippen LogP contribution in [0.3, 0.4) is 0 Å². The lowest BCUT2D eigenvalue weighted by Gasteiger charge is -2.30. The number of fused-ring (bicyclic) bond motifs is 1. The summed E-state index contributed by atoms with van der Waals surface area (Å²) in [5.74, 6) is 1.84. The molecule has 8 nitrogen and oxygen atoms in total. The molecule has 3 aromatic heterocycles. The Kier molecular flexibility index (Phi) is 4.08. The molecule has 1 amide bonds. The lowest BCUT2D eigenvalue weighted by molar-refractivity contribution is 0.0702. The van der Waals surface area contributed by atoms with E-state index in [-0.39, 0.29) is 11.8 Å². The zero-order chi connectivity index (χ0) is 18.9. The number of likely N-dealkylation sites (tertiary alicyclic amines) is 1. The third-order valence-corrected chi connectivity index (χ3v) is 5.20. The number of imidazole rings is 1. The Hall–Kier alpha value is -3.55. The van der Waals surface area contributed by atoms with E-state index in [4.69, 9.17) is 0 Å². The number of hydrogen-bond acceptors (Lipinski definition) is 5. The molecule has 28 heavy (non-hydrogen) atoms. The summed E-state index contributed by atoms with van der Waals surface area (Å²) < 4.78 is 1.59. The van der Waals surface area contributed by atoms with Crippen molar-refractivity contribution in [3.8, 4) is 11.4 Å². The van der Waals surface area contributed by atoms with E-state index >= 15 is 0 Å². The van der Waals surface area contributed by atoms with Gasteiger partial charge in [-0.15, -0.1) is 0 Å². The summed E-state index contributed by atoms with van der Waals surface area (Å²) in [6.45, 7) is 1.34. The maximum absolute atomic E-state index is 12.9. The Bertz CT molecular complexity index is 1110. The van der Waals surface area contributed by atoms with Crippen LogP contribution in [0.4, 0.5) is 0 Å². The van der Waals surface area contributed by atoms with E-state index in [9.17, 15) is 4.79 Å². The molecule has 0 bridgehead atoms. The molecule has 0 aliphatic carbocycles. The molecule has 0 saturated carbocycles. The van der Waals surface area contributed by atoms with Gasteiger partial charge in [-0.05, 0) is 25.0 Å². The average Bonchev–Trinajstić information content (AvgIpc) is 3.42. The predicted octanol–water partition coefficient (Wildman–Crippen LogP) is 2.53. The van der Waals surface area contributed by atoms with Crippen molar-refractivity contribution in [3.63, 3.8) is 0 Å². The van der Waals surface area contributed by atoms with Crippen LogP contribution in [0.25, 0.3) is 17.0 Å². The molecule has 1 aliphatic heterocycles. The highest BCUT2D eigenvalue weighted by atomic mass is 16.2. The third kappa shape index (κ3) is 2.92. The number of amides is 1. The number of H-pyrrole nitrogens is 1. The van der Waals surface area contributed by atoms with Gasteiger partial charge in [-0.25, -0.2) is 14.5 Å². The van der Waals surface area contributed by atoms with Crippen molar-refractivity contribution >= 4 is 11.6 Å². The maximum Gasteiger partial charge on any atom is 0.274 e. The lowest BCUT2D eigenvalue weighted by Crippen LogP contribution is -2.38. The molecule has 1 fully saturated rings. The minimum absolute atomic E-state index is 0.0350. The summed E-state index contributed by atoms with van der Waals surface area (Å²) in [5.41, 5.74) is 2.17. The van der Waals surface area contributed by atoms with Crippen molar-refractivity contribution < 1.29 is 4.79 Å². The van der Waals surface area contributed by atoms with Gasteiger partial charge in [-0.1, -0.05) is 30.3 Å². The summed E-state index contributed by atoms with van der Waals surface area (Å²) >= 11 is 0. The van der Waals surface area contributed by atoms with Gasteiger partial charge in [0.2, 0.25) is 0 Å². The van der Waals surface area contributed by atoms with Crippen LogP contribution in [-0.2, 0) is 0 Å². The molecule has 0 unspecified atom stereocenters. The first-order chi connectivity index (χ1) is 13.8. The first kappa shape index (κ1) is 16.6. The van der Waals surface area contributed by atoms with Crippen molar-refractivity contribution in [3.05, 3.63) is 66.4 Å². The summed E-state index contributed by atoms with van der Waals surface area (Å²) in [4.78, 5) is 23.7. The van der Waals surface area contributed by atoms with Gasteiger partial charge in [0.1, 0.15) is 5.82 Å². The fraction of sp³-hybridized carbons (Fsp3) is 0.250. The van der Waals surface area contributed by atoms with E-state index in [0.717, 1.165) is 24.2 Å². The number of carbonyl (C=O) groups excluding carboxylic acids is 1. The fourth-order valence-electron chi connectivity index (χ4n) is 3.67. The number of rotatable bonds is 3. The normalized spacial score (nSPS) is 15.2. The molecule has 0 radical (unpaired) electrons. The van der Waals surface area contributed by atoms with Crippen molar-refractivity contribution in [2.75, 3.05) is 13.1 Å². The summed E-state index contributed by atoms with van der Waals surface area (Å²) in [7, 11) is 0. The number of aromatic amines is 1. The van der Waals surface area contributed by atoms with Crippen LogP contribution < -0.4 is 0 Å². The number of aromatic nitrogens is 6. The third-order valence-electron chi connectivity index (χ3n) is 5.20. The van der Waals surface area contributed by atoms with Crippen molar-refractivity contribution in [2.45, 2.75) is 18.8 Å². The van der Waals surface area contributed by atoms with E-state index < -0.39 is 0 Å².